The second-order valence-electron chi connectivity index (χ2n) is 10.4. The second kappa shape index (κ2) is 9.43. The van der Waals surface area contributed by atoms with Crippen LogP contribution in [0, 0.1) is 12.8 Å². The molecule has 184 valence electrons. The van der Waals surface area contributed by atoms with Gasteiger partial charge in [0.2, 0.25) is 0 Å². The lowest BCUT2D eigenvalue weighted by Gasteiger charge is -2.33. The molecule has 0 spiro atoms. The Hall–Kier alpha value is -2.64. The molecule has 3 aromatic heterocycles. The van der Waals surface area contributed by atoms with E-state index in [0.717, 1.165) is 71.5 Å². The number of hydrogen-bond acceptors (Lipinski definition) is 5. The zero-order valence-electron chi connectivity index (χ0n) is 20.7. The molecule has 1 aliphatic heterocycles. The number of para-hydroxylation sites is 1. The highest BCUT2D eigenvalue weighted by Gasteiger charge is 2.27. The lowest BCUT2D eigenvalue weighted by Crippen LogP contribution is -2.41. The molecule has 0 saturated carbocycles. The van der Waals surface area contributed by atoms with Crippen molar-refractivity contribution < 1.29 is 9.53 Å². The molecule has 0 N–H and O–H groups in total. The molecule has 4 heterocycles. The van der Waals surface area contributed by atoms with Gasteiger partial charge in [-0.2, -0.15) is 0 Å². The third kappa shape index (κ3) is 5.02. The van der Waals surface area contributed by atoms with Crippen molar-refractivity contribution in [1.29, 1.82) is 0 Å². The first-order chi connectivity index (χ1) is 16.7. The molecule has 1 aromatic carbocycles. The van der Waals surface area contributed by atoms with E-state index in [-0.39, 0.29) is 6.09 Å². The van der Waals surface area contributed by atoms with E-state index in [9.17, 15) is 4.79 Å². The summed E-state index contributed by atoms with van der Waals surface area (Å²) in [5.74, 6) is 1.48. The van der Waals surface area contributed by atoms with E-state index in [2.05, 4.69) is 34.0 Å². The molecule has 1 aliphatic rings. The molecule has 0 bridgehead atoms. The van der Waals surface area contributed by atoms with E-state index in [4.69, 9.17) is 21.3 Å². The number of hydrogen-bond donors (Lipinski definition) is 0. The van der Waals surface area contributed by atoms with E-state index < -0.39 is 5.60 Å². The summed E-state index contributed by atoms with van der Waals surface area (Å²) in [5.41, 5.74) is 3.45. The van der Waals surface area contributed by atoms with Gasteiger partial charge in [0.05, 0.1) is 15.9 Å². The number of carbonyl (C=O) groups excluding carboxylic acids is 1. The highest BCUT2D eigenvalue weighted by Crippen LogP contribution is 2.36. The second-order valence-corrected chi connectivity index (χ2v) is 11.7. The maximum absolute atomic E-state index is 12.4. The maximum atomic E-state index is 12.4. The van der Waals surface area contributed by atoms with Gasteiger partial charge in [-0.1, -0.05) is 29.8 Å². The van der Waals surface area contributed by atoms with Crippen LogP contribution in [-0.4, -0.2) is 44.2 Å². The van der Waals surface area contributed by atoms with E-state index in [1.54, 1.807) is 11.3 Å². The number of likely N-dealkylation sites (tertiary alicyclic amines) is 1. The lowest BCUT2D eigenvalue weighted by atomic mass is 9.93. The normalized spacial score (nSPS) is 15.3. The standard InChI is InChI=1S/C27H31ClN4O2S/c1-17-15-21(35-16-17)25-30-22-23(19-7-5-6-8-20(19)29-24(22)28)32(25)14-11-18-9-12-31(13-10-18)26(33)34-27(2,3)4/h5-8,15-16,18H,9-14H2,1-4H3. The highest BCUT2D eigenvalue weighted by atomic mass is 35.5. The average Bonchev–Trinajstić information content (AvgIpc) is 3.41. The van der Waals surface area contributed by atoms with Crippen LogP contribution in [0.1, 0.15) is 45.6 Å². The first kappa shape index (κ1) is 24.1. The fourth-order valence-corrected chi connectivity index (χ4v) is 5.92. The molecule has 4 aromatic rings. The molecule has 0 atom stereocenters. The zero-order valence-corrected chi connectivity index (χ0v) is 22.2. The van der Waals surface area contributed by atoms with Crippen molar-refractivity contribution in [2.75, 3.05) is 13.1 Å². The minimum Gasteiger partial charge on any atom is -0.444 e. The Morgan fingerprint density at radius 1 is 1.20 bits per heavy atom. The van der Waals surface area contributed by atoms with E-state index in [1.165, 1.54) is 5.56 Å². The molecule has 6 nitrogen and oxygen atoms in total. The summed E-state index contributed by atoms with van der Waals surface area (Å²) in [6.07, 6.45) is 2.75. The zero-order chi connectivity index (χ0) is 24.7. The predicted octanol–water partition coefficient (Wildman–Crippen LogP) is 7.31. The van der Waals surface area contributed by atoms with Crippen LogP contribution in [0.2, 0.25) is 5.15 Å². The van der Waals surface area contributed by atoms with Gasteiger partial charge in [0, 0.05) is 25.0 Å². The molecular formula is C27H31ClN4O2S. The molecular weight excluding hydrogens is 480 g/mol. The van der Waals surface area contributed by atoms with Crippen LogP contribution in [-0.2, 0) is 11.3 Å². The van der Waals surface area contributed by atoms with Gasteiger partial charge >= 0.3 is 6.09 Å². The number of aromatic nitrogens is 3. The molecule has 1 fully saturated rings. The number of imidazole rings is 1. The SMILES string of the molecule is Cc1csc(-c2nc3c(Cl)nc4ccccc4c3n2CCC2CCN(C(=O)OC(C)(C)C)CC2)c1. The molecule has 1 saturated heterocycles. The number of carbonyl (C=O) groups is 1. The summed E-state index contributed by atoms with van der Waals surface area (Å²) in [6.45, 7) is 10.1. The Morgan fingerprint density at radius 3 is 2.63 bits per heavy atom. The number of thiophene rings is 1. The number of piperidine rings is 1. The number of rotatable bonds is 4. The van der Waals surface area contributed by atoms with Crippen molar-refractivity contribution in [2.24, 2.45) is 5.92 Å². The number of halogens is 1. The minimum absolute atomic E-state index is 0.208. The van der Waals surface area contributed by atoms with E-state index in [1.807, 2.05) is 43.9 Å². The number of pyridine rings is 1. The van der Waals surface area contributed by atoms with E-state index in [0.29, 0.717) is 11.1 Å². The third-order valence-corrected chi connectivity index (χ3v) is 7.83. The molecule has 35 heavy (non-hydrogen) atoms. The number of ether oxygens (including phenoxy) is 1. The van der Waals surface area contributed by atoms with Gasteiger partial charge in [-0.3, -0.25) is 0 Å². The molecule has 1 amide bonds. The molecule has 8 heteroatoms. The monoisotopic (exact) mass is 510 g/mol. The number of benzene rings is 1. The van der Waals surface area contributed by atoms with Gasteiger partial charge < -0.3 is 14.2 Å². The van der Waals surface area contributed by atoms with E-state index >= 15 is 0 Å². The summed E-state index contributed by atoms with van der Waals surface area (Å²) in [4.78, 5) is 25.0. The van der Waals surface area contributed by atoms with Crippen LogP contribution >= 0.6 is 22.9 Å². The van der Waals surface area contributed by atoms with Crippen molar-refractivity contribution >= 4 is 51.0 Å². The topological polar surface area (TPSA) is 60.2 Å². The summed E-state index contributed by atoms with van der Waals surface area (Å²) >= 11 is 8.33. The van der Waals surface area contributed by atoms with Crippen molar-refractivity contribution in [1.82, 2.24) is 19.4 Å². The van der Waals surface area contributed by atoms with Gasteiger partial charge in [-0.05, 0) is 76.0 Å². The van der Waals surface area contributed by atoms with Gasteiger partial charge in [0.25, 0.3) is 0 Å². The van der Waals surface area contributed by atoms with Crippen LogP contribution in [0.5, 0.6) is 0 Å². The predicted molar refractivity (Wildman–Crippen MR) is 143 cm³/mol. The summed E-state index contributed by atoms with van der Waals surface area (Å²) in [5, 5.41) is 3.67. The number of nitrogens with zero attached hydrogens (tertiary/aromatic N) is 4. The van der Waals surface area contributed by atoms with Gasteiger partial charge in [-0.25, -0.2) is 14.8 Å². The fraction of sp³-hybridized carbons (Fsp3) is 0.444. The molecule has 5 rings (SSSR count). The van der Waals surface area contributed by atoms with Crippen LogP contribution < -0.4 is 0 Å². The van der Waals surface area contributed by atoms with Crippen LogP contribution in [0.25, 0.3) is 32.6 Å². The Kier molecular flexibility index (Phi) is 6.49. The van der Waals surface area contributed by atoms with Gasteiger partial charge in [0.1, 0.15) is 11.1 Å². The summed E-state index contributed by atoms with van der Waals surface area (Å²) in [6, 6.07) is 10.3. The van der Waals surface area contributed by atoms with Crippen molar-refractivity contribution in [2.45, 2.75) is 59.1 Å². The van der Waals surface area contributed by atoms with Crippen LogP contribution in [0.4, 0.5) is 4.79 Å². The Morgan fingerprint density at radius 2 is 1.94 bits per heavy atom. The van der Waals surface area contributed by atoms with Gasteiger partial charge in [-0.15, -0.1) is 11.3 Å². The van der Waals surface area contributed by atoms with Crippen molar-refractivity contribution in [3.63, 3.8) is 0 Å². The molecule has 0 unspecified atom stereocenters. The number of fused-ring (bicyclic) bond motifs is 3. The Labute approximate surface area is 214 Å². The molecule has 0 aliphatic carbocycles. The number of amides is 1. The van der Waals surface area contributed by atoms with Crippen molar-refractivity contribution in [3.05, 3.63) is 46.4 Å². The largest absolute Gasteiger partial charge is 0.444 e. The molecule has 0 radical (unpaired) electrons. The van der Waals surface area contributed by atoms with Crippen LogP contribution in [0.15, 0.2) is 35.7 Å². The highest BCUT2D eigenvalue weighted by molar-refractivity contribution is 7.13. The first-order valence-corrected chi connectivity index (χ1v) is 13.4. The lowest BCUT2D eigenvalue weighted by molar-refractivity contribution is 0.0180. The first-order valence-electron chi connectivity index (χ1n) is 12.2. The summed E-state index contributed by atoms with van der Waals surface area (Å²) in [7, 11) is 0. The number of aryl methyl sites for hydroxylation is 2. The van der Waals surface area contributed by atoms with Crippen LogP contribution in [0.3, 0.4) is 0 Å². The van der Waals surface area contributed by atoms with Gasteiger partial charge in [0.15, 0.2) is 11.0 Å². The Bertz CT molecular complexity index is 1380. The van der Waals surface area contributed by atoms with Crippen molar-refractivity contribution in [3.8, 4) is 10.7 Å². The average molecular weight is 511 g/mol. The summed E-state index contributed by atoms with van der Waals surface area (Å²) < 4.78 is 7.89. The minimum atomic E-state index is -0.466. The fourth-order valence-electron chi connectivity index (χ4n) is 4.80. The quantitative estimate of drug-likeness (QED) is 0.270. The maximum Gasteiger partial charge on any atom is 0.410 e. The Balaban J connectivity index is 1.42. The smallest absolute Gasteiger partial charge is 0.410 e. The third-order valence-electron chi connectivity index (χ3n) is 6.52.